The van der Waals surface area contributed by atoms with Crippen molar-refractivity contribution in [3.63, 3.8) is 0 Å². The molecule has 0 saturated carbocycles. The summed E-state index contributed by atoms with van der Waals surface area (Å²) in [5.74, 6) is 1.18. The fraction of sp³-hybridized carbons (Fsp3) is 0.444. The van der Waals surface area contributed by atoms with Gasteiger partial charge in [-0.2, -0.15) is 5.26 Å². The van der Waals surface area contributed by atoms with E-state index >= 15 is 0 Å². The number of para-hydroxylation sites is 1. The predicted octanol–water partition coefficient (Wildman–Crippen LogP) is 2.21. The van der Waals surface area contributed by atoms with Crippen molar-refractivity contribution in [3.8, 4) is 6.07 Å². The Kier molecular flexibility index (Phi) is 4.93. The first kappa shape index (κ1) is 17.6. The molecule has 6 nitrogen and oxygen atoms in total. The maximum atomic E-state index is 11.6. The van der Waals surface area contributed by atoms with Crippen LogP contribution in [0.25, 0.3) is 10.9 Å². The van der Waals surface area contributed by atoms with Gasteiger partial charge in [-0.05, 0) is 30.9 Å². The van der Waals surface area contributed by atoms with Gasteiger partial charge in [0, 0.05) is 32.1 Å². The Labute approximate surface area is 148 Å². The molecule has 1 fully saturated rings. The predicted molar refractivity (Wildman–Crippen MR) is 98.9 cm³/mol. The van der Waals surface area contributed by atoms with Crippen molar-refractivity contribution in [1.82, 2.24) is 9.29 Å². The lowest BCUT2D eigenvalue weighted by atomic mass is 9.96. The molecule has 0 atom stereocenters. The number of nitriles is 1. The van der Waals surface area contributed by atoms with Gasteiger partial charge >= 0.3 is 0 Å². The molecular weight excluding hydrogens is 336 g/mol. The highest BCUT2D eigenvalue weighted by molar-refractivity contribution is 7.88. The molecule has 1 aromatic carbocycles. The van der Waals surface area contributed by atoms with E-state index in [-0.39, 0.29) is 0 Å². The third kappa shape index (κ3) is 3.91. The van der Waals surface area contributed by atoms with Crippen LogP contribution in [0.5, 0.6) is 0 Å². The first-order valence-corrected chi connectivity index (χ1v) is 10.2. The molecule has 132 valence electrons. The van der Waals surface area contributed by atoms with Crippen molar-refractivity contribution in [2.45, 2.75) is 12.8 Å². The molecule has 2 heterocycles. The molecule has 0 radical (unpaired) electrons. The van der Waals surface area contributed by atoms with Crippen molar-refractivity contribution >= 4 is 26.7 Å². The third-order valence-corrected chi connectivity index (χ3v) is 6.12. The molecular formula is C18H22N4O2S. The number of rotatable bonds is 4. The van der Waals surface area contributed by atoms with Crippen LogP contribution in [0, 0.1) is 17.2 Å². The fourth-order valence-corrected chi connectivity index (χ4v) is 3.74. The van der Waals surface area contributed by atoms with Crippen LogP contribution >= 0.6 is 0 Å². The van der Waals surface area contributed by atoms with E-state index in [1.54, 1.807) is 7.05 Å². The summed E-state index contributed by atoms with van der Waals surface area (Å²) in [5, 5.41) is 10.3. The maximum Gasteiger partial charge on any atom is 0.210 e. The largest absolute Gasteiger partial charge is 0.357 e. The average molecular weight is 358 g/mol. The summed E-state index contributed by atoms with van der Waals surface area (Å²) in [5.41, 5.74) is 1.47. The topological polar surface area (TPSA) is 77.3 Å². The quantitative estimate of drug-likeness (QED) is 0.837. The molecule has 0 unspecified atom stereocenters. The molecule has 0 amide bonds. The number of anilines is 1. The highest BCUT2D eigenvalue weighted by Gasteiger charge is 2.24. The first-order valence-electron chi connectivity index (χ1n) is 8.34. The highest BCUT2D eigenvalue weighted by atomic mass is 32.2. The molecule has 1 aliphatic rings. The maximum absolute atomic E-state index is 11.6. The van der Waals surface area contributed by atoms with E-state index in [1.807, 2.05) is 30.3 Å². The summed E-state index contributed by atoms with van der Waals surface area (Å²) in [6.07, 6.45) is 3.07. The number of pyridine rings is 1. The Bertz CT molecular complexity index is 912. The SMILES string of the molecule is CN(CC1CCN(c2cc(C#N)c3ccccc3n2)CC1)S(C)(=O)=O. The van der Waals surface area contributed by atoms with Crippen LogP contribution in [-0.4, -0.2) is 50.6 Å². The Morgan fingerprint density at radius 3 is 2.64 bits per heavy atom. The second-order valence-electron chi connectivity index (χ2n) is 6.63. The monoisotopic (exact) mass is 358 g/mol. The van der Waals surface area contributed by atoms with Gasteiger partial charge < -0.3 is 4.90 Å². The van der Waals surface area contributed by atoms with Crippen molar-refractivity contribution in [3.05, 3.63) is 35.9 Å². The van der Waals surface area contributed by atoms with Crippen LogP contribution in [-0.2, 0) is 10.0 Å². The lowest BCUT2D eigenvalue weighted by molar-refractivity contribution is 0.328. The summed E-state index contributed by atoms with van der Waals surface area (Å²) in [6, 6.07) is 11.8. The molecule has 2 aromatic rings. The standard InChI is InChI=1S/C18H22N4O2S/c1-21(25(2,23)24)13-14-7-9-22(10-8-14)18-11-15(12-19)16-5-3-4-6-17(16)20-18/h3-6,11,14H,7-10,13H2,1-2H3. The van der Waals surface area contributed by atoms with Gasteiger partial charge in [-0.1, -0.05) is 18.2 Å². The number of fused-ring (bicyclic) bond motifs is 1. The van der Waals surface area contributed by atoms with Crippen molar-refractivity contribution < 1.29 is 8.42 Å². The van der Waals surface area contributed by atoms with Crippen molar-refractivity contribution in [2.24, 2.45) is 5.92 Å². The van der Waals surface area contributed by atoms with Crippen LogP contribution in [0.2, 0.25) is 0 Å². The molecule has 0 bridgehead atoms. The smallest absolute Gasteiger partial charge is 0.210 e. The number of piperidine rings is 1. The zero-order chi connectivity index (χ0) is 18.0. The Morgan fingerprint density at radius 1 is 1.32 bits per heavy atom. The number of sulfonamides is 1. The minimum Gasteiger partial charge on any atom is -0.357 e. The van der Waals surface area contributed by atoms with Gasteiger partial charge in [0.25, 0.3) is 0 Å². The van der Waals surface area contributed by atoms with Gasteiger partial charge in [-0.3, -0.25) is 0 Å². The Morgan fingerprint density at radius 2 is 2.00 bits per heavy atom. The molecule has 3 rings (SSSR count). The Balaban J connectivity index is 1.73. The summed E-state index contributed by atoms with van der Waals surface area (Å²) in [7, 11) is -1.50. The van der Waals surface area contributed by atoms with Crippen molar-refractivity contribution in [1.29, 1.82) is 5.26 Å². The number of benzene rings is 1. The zero-order valence-electron chi connectivity index (χ0n) is 14.5. The molecule has 0 spiro atoms. The first-order chi connectivity index (χ1) is 11.9. The number of hydrogen-bond donors (Lipinski definition) is 0. The molecule has 1 saturated heterocycles. The van der Waals surface area contributed by atoms with Crippen molar-refractivity contribution in [2.75, 3.05) is 37.8 Å². The molecule has 7 heteroatoms. The molecule has 1 aliphatic heterocycles. The normalized spacial score (nSPS) is 16.3. The van der Waals surface area contributed by atoms with Gasteiger partial charge in [-0.25, -0.2) is 17.7 Å². The lowest BCUT2D eigenvalue weighted by Gasteiger charge is -2.34. The van der Waals surface area contributed by atoms with Crippen LogP contribution in [0.1, 0.15) is 18.4 Å². The van der Waals surface area contributed by atoms with E-state index in [4.69, 9.17) is 4.98 Å². The van der Waals surface area contributed by atoms with Crippen LogP contribution < -0.4 is 4.90 Å². The molecule has 25 heavy (non-hydrogen) atoms. The van der Waals surface area contributed by atoms with E-state index < -0.39 is 10.0 Å². The summed E-state index contributed by atoms with van der Waals surface area (Å²) in [6.45, 7) is 2.19. The van der Waals surface area contributed by atoms with E-state index in [9.17, 15) is 13.7 Å². The fourth-order valence-electron chi connectivity index (χ4n) is 3.26. The second kappa shape index (κ2) is 6.98. The zero-order valence-corrected chi connectivity index (χ0v) is 15.3. The molecule has 0 aliphatic carbocycles. The van der Waals surface area contributed by atoms with Crippen LogP contribution in [0.4, 0.5) is 5.82 Å². The summed E-state index contributed by atoms with van der Waals surface area (Å²) < 4.78 is 24.5. The lowest BCUT2D eigenvalue weighted by Crippen LogP contribution is -2.39. The van der Waals surface area contributed by atoms with Gasteiger partial charge in [-0.15, -0.1) is 0 Å². The minimum absolute atomic E-state index is 0.354. The van der Waals surface area contributed by atoms with Gasteiger partial charge in [0.1, 0.15) is 5.82 Å². The second-order valence-corrected chi connectivity index (χ2v) is 8.72. The van der Waals surface area contributed by atoms with E-state index in [0.29, 0.717) is 18.0 Å². The van der Waals surface area contributed by atoms with E-state index in [0.717, 1.165) is 42.7 Å². The number of nitrogens with zero attached hydrogens (tertiary/aromatic N) is 4. The summed E-state index contributed by atoms with van der Waals surface area (Å²) >= 11 is 0. The average Bonchev–Trinajstić information content (AvgIpc) is 2.60. The van der Waals surface area contributed by atoms with Gasteiger partial charge in [0.2, 0.25) is 10.0 Å². The van der Waals surface area contributed by atoms with Gasteiger partial charge in [0.15, 0.2) is 0 Å². The van der Waals surface area contributed by atoms with Crippen LogP contribution in [0.3, 0.4) is 0 Å². The minimum atomic E-state index is -3.13. The number of hydrogen-bond acceptors (Lipinski definition) is 5. The molecule has 1 aromatic heterocycles. The third-order valence-electron chi connectivity index (χ3n) is 4.84. The van der Waals surface area contributed by atoms with E-state index in [2.05, 4.69) is 11.0 Å². The highest BCUT2D eigenvalue weighted by Crippen LogP contribution is 2.26. The van der Waals surface area contributed by atoms with E-state index in [1.165, 1.54) is 10.6 Å². The van der Waals surface area contributed by atoms with Crippen LogP contribution in [0.15, 0.2) is 30.3 Å². The Hall–Kier alpha value is -2.17. The molecule has 0 N–H and O–H groups in total. The number of aromatic nitrogens is 1. The van der Waals surface area contributed by atoms with Gasteiger partial charge in [0.05, 0.1) is 23.4 Å². The summed E-state index contributed by atoms with van der Waals surface area (Å²) in [4.78, 5) is 6.89.